The molecule has 2 heterocycles. The van der Waals surface area contributed by atoms with Gasteiger partial charge in [0.15, 0.2) is 5.13 Å². The smallest absolute Gasteiger partial charge is 0.407 e. The summed E-state index contributed by atoms with van der Waals surface area (Å²) in [5, 5.41) is 7.33. The Labute approximate surface area is 183 Å². The molecule has 1 aliphatic heterocycles. The number of nitrogens with one attached hydrogen (secondary N) is 2. The number of aromatic nitrogens is 1. The molecule has 8 heteroatoms. The Morgan fingerprint density at radius 2 is 1.93 bits per heavy atom. The van der Waals surface area contributed by atoms with E-state index >= 15 is 0 Å². The van der Waals surface area contributed by atoms with Gasteiger partial charge in [0.1, 0.15) is 5.60 Å². The molecule has 166 valence electrons. The molecule has 0 bridgehead atoms. The van der Waals surface area contributed by atoms with Crippen LogP contribution in [0.4, 0.5) is 9.93 Å². The van der Waals surface area contributed by atoms with Crippen LogP contribution in [-0.2, 0) is 9.53 Å². The average Bonchev–Trinajstić information content (AvgIpc) is 3.24. The number of thiazole rings is 1. The maximum absolute atomic E-state index is 12.5. The van der Waals surface area contributed by atoms with Gasteiger partial charge in [-0.05, 0) is 52.4 Å². The fourth-order valence-corrected chi connectivity index (χ4v) is 5.78. The molecule has 1 unspecified atom stereocenters. The van der Waals surface area contributed by atoms with Gasteiger partial charge >= 0.3 is 6.09 Å². The molecule has 7 nitrogen and oxygen atoms in total. The van der Waals surface area contributed by atoms with Gasteiger partial charge in [-0.15, -0.1) is 11.3 Å². The molecule has 1 aromatic heterocycles. The molecular weight excluding hydrogens is 400 g/mol. The van der Waals surface area contributed by atoms with Gasteiger partial charge in [-0.2, -0.15) is 0 Å². The highest BCUT2D eigenvalue weighted by Gasteiger charge is 2.42. The SMILES string of the molecule is CC(C)(C)OC(=O)NC1CC(N2CC(Nc3ncc(C4CCCCC4)s3)CC2=O)C1. The fraction of sp³-hybridized carbons (Fsp3) is 0.773. The van der Waals surface area contributed by atoms with E-state index in [0.717, 1.165) is 18.0 Å². The number of alkyl carbamates (subject to hydrolysis) is 1. The van der Waals surface area contributed by atoms with Gasteiger partial charge in [-0.3, -0.25) is 4.79 Å². The average molecular weight is 435 g/mol. The van der Waals surface area contributed by atoms with Crippen molar-refractivity contribution in [3.63, 3.8) is 0 Å². The normalized spacial score (nSPS) is 27.6. The van der Waals surface area contributed by atoms with Crippen LogP contribution >= 0.6 is 11.3 Å². The molecule has 3 fully saturated rings. The van der Waals surface area contributed by atoms with Gasteiger partial charge in [0, 0.05) is 36.1 Å². The van der Waals surface area contributed by atoms with E-state index in [4.69, 9.17) is 4.74 Å². The molecule has 0 spiro atoms. The number of carbonyl (C=O) groups is 2. The molecule has 1 saturated heterocycles. The minimum absolute atomic E-state index is 0.0849. The number of rotatable bonds is 5. The molecule has 2 saturated carbocycles. The molecule has 1 aromatic rings. The number of nitrogens with zero attached hydrogens (tertiary/aromatic N) is 2. The molecule has 1 atom stereocenters. The van der Waals surface area contributed by atoms with Crippen molar-refractivity contribution in [3.8, 4) is 0 Å². The second kappa shape index (κ2) is 8.73. The topological polar surface area (TPSA) is 83.6 Å². The minimum Gasteiger partial charge on any atom is -0.444 e. The lowest BCUT2D eigenvalue weighted by molar-refractivity contribution is -0.131. The quantitative estimate of drug-likeness (QED) is 0.723. The Bertz CT molecular complexity index is 763. The first-order chi connectivity index (χ1) is 14.3. The number of anilines is 1. The van der Waals surface area contributed by atoms with Crippen molar-refractivity contribution >= 4 is 28.5 Å². The third kappa shape index (κ3) is 5.25. The third-order valence-electron chi connectivity index (χ3n) is 6.29. The molecule has 0 radical (unpaired) electrons. The minimum atomic E-state index is -0.496. The molecule has 0 aromatic carbocycles. The number of carbonyl (C=O) groups excluding carboxylic acids is 2. The van der Waals surface area contributed by atoms with Crippen LogP contribution < -0.4 is 10.6 Å². The van der Waals surface area contributed by atoms with Crippen LogP contribution in [-0.4, -0.2) is 52.2 Å². The zero-order valence-electron chi connectivity index (χ0n) is 18.3. The zero-order chi connectivity index (χ0) is 21.3. The van der Waals surface area contributed by atoms with Gasteiger partial charge in [0.2, 0.25) is 5.91 Å². The molecule has 2 N–H and O–H groups in total. The van der Waals surface area contributed by atoms with E-state index < -0.39 is 5.60 Å². The number of hydrogen-bond donors (Lipinski definition) is 2. The summed E-state index contributed by atoms with van der Waals surface area (Å²) >= 11 is 1.76. The van der Waals surface area contributed by atoms with Crippen molar-refractivity contribution in [2.45, 2.75) is 102 Å². The summed E-state index contributed by atoms with van der Waals surface area (Å²) in [6.07, 6.45) is 10.3. The predicted octanol–water partition coefficient (Wildman–Crippen LogP) is 4.26. The monoisotopic (exact) mass is 434 g/mol. The third-order valence-corrected chi connectivity index (χ3v) is 7.38. The maximum atomic E-state index is 12.5. The van der Waals surface area contributed by atoms with Crippen LogP contribution in [0, 0.1) is 0 Å². The highest BCUT2D eigenvalue weighted by atomic mass is 32.1. The van der Waals surface area contributed by atoms with Crippen molar-refractivity contribution in [3.05, 3.63) is 11.1 Å². The number of amides is 2. The lowest BCUT2D eigenvalue weighted by atomic mass is 9.85. The Morgan fingerprint density at radius 1 is 1.20 bits per heavy atom. The Balaban J connectivity index is 1.22. The molecule has 4 rings (SSSR count). The van der Waals surface area contributed by atoms with E-state index in [1.54, 1.807) is 11.3 Å². The van der Waals surface area contributed by atoms with Crippen LogP contribution in [0.3, 0.4) is 0 Å². The van der Waals surface area contributed by atoms with E-state index in [2.05, 4.69) is 15.6 Å². The zero-order valence-corrected chi connectivity index (χ0v) is 19.1. The Hall–Kier alpha value is -1.83. The van der Waals surface area contributed by atoms with Crippen LogP contribution in [0.2, 0.25) is 0 Å². The Morgan fingerprint density at radius 3 is 2.63 bits per heavy atom. The number of hydrogen-bond acceptors (Lipinski definition) is 6. The molecule has 2 amide bonds. The molecule has 2 aliphatic carbocycles. The number of ether oxygens (including phenoxy) is 1. The second-order valence-electron chi connectivity index (χ2n) is 9.96. The lowest BCUT2D eigenvalue weighted by Crippen LogP contribution is -2.55. The summed E-state index contributed by atoms with van der Waals surface area (Å²) < 4.78 is 5.31. The standard InChI is InChI=1S/C22H34N4O3S/c1-22(2,3)29-21(28)25-15-9-17(10-15)26-13-16(11-19(26)27)24-20-23-12-18(30-20)14-7-5-4-6-8-14/h12,14-17H,4-11,13H2,1-3H3,(H,23,24)(H,25,28). The van der Waals surface area contributed by atoms with Crippen LogP contribution in [0.15, 0.2) is 6.20 Å². The molecular formula is C22H34N4O3S. The summed E-state index contributed by atoms with van der Waals surface area (Å²) in [6.45, 7) is 6.27. The highest BCUT2D eigenvalue weighted by molar-refractivity contribution is 7.15. The first-order valence-corrected chi connectivity index (χ1v) is 12.1. The first-order valence-electron chi connectivity index (χ1n) is 11.3. The summed E-state index contributed by atoms with van der Waals surface area (Å²) in [7, 11) is 0. The molecule has 30 heavy (non-hydrogen) atoms. The maximum Gasteiger partial charge on any atom is 0.407 e. The van der Waals surface area contributed by atoms with E-state index in [0.29, 0.717) is 18.9 Å². The highest BCUT2D eigenvalue weighted by Crippen LogP contribution is 2.37. The fourth-order valence-electron chi connectivity index (χ4n) is 4.72. The van der Waals surface area contributed by atoms with Crippen molar-refractivity contribution in [1.29, 1.82) is 0 Å². The van der Waals surface area contributed by atoms with Crippen LogP contribution in [0.5, 0.6) is 0 Å². The summed E-state index contributed by atoms with van der Waals surface area (Å²) in [4.78, 5) is 32.4. The number of likely N-dealkylation sites (tertiary alicyclic amines) is 1. The van der Waals surface area contributed by atoms with E-state index in [1.165, 1.54) is 37.0 Å². The predicted molar refractivity (Wildman–Crippen MR) is 118 cm³/mol. The van der Waals surface area contributed by atoms with Crippen molar-refractivity contribution in [2.75, 3.05) is 11.9 Å². The summed E-state index contributed by atoms with van der Waals surface area (Å²) in [5.74, 6) is 0.857. The van der Waals surface area contributed by atoms with Crippen molar-refractivity contribution < 1.29 is 14.3 Å². The van der Waals surface area contributed by atoms with E-state index in [9.17, 15) is 9.59 Å². The first kappa shape index (κ1) is 21.4. The van der Waals surface area contributed by atoms with Gasteiger partial charge in [0.05, 0.1) is 6.04 Å². The van der Waals surface area contributed by atoms with Gasteiger partial charge in [-0.1, -0.05) is 19.3 Å². The van der Waals surface area contributed by atoms with Crippen molar-refractivity contribution in [2.24, 2.45) is 0 Å². The van der Waals surface area contributed by atoms with E-state index in [1.807, 2.05) is 31.9 Å². The molecule has 3 aliphatic rings. The second-order valence-corrected chi connectivity index (χ2v) is 11.0. The van der Waals surface area contributed by atoms with Gasteiger partial charge in [-0.25, -0.2) is 9.78 Å². The van der Waals surface area contributed by atoms with E-state index in [-0.39, 0.29) is 30.1 Å². The van der Waals surface area contributed by atoms with Gasteiger partial charge < -0.3 is 20.3 Å². The van der Waals surface area contributed by atoms with Crippen molar-refractivity contribution in [1.82, 2.24) is 15.2 Å². The van der Waals surface area contributed by atoms with Crippen LogP contribution in [0.1, 0.15) is 82.9 Å². The van der Waals surface area contributed by atoms with Crippen LogP contribution in [0.25, 0.3) is 0 Å². The van der Waals surface area contributed by atoms with Gasteiger partial charge in [0.25, 0.3) is 0 Å². The Kier molecular flexibility index (Phi) is 6.23. The summed E-state index contributed by atoms with van der Waals surface area (Å²) in [6, 6.07) is 0.403. The summed E-state index contributed by atoms with van der Waals surface area (Å²) in [5.41, 5.74) is -0.496. The lowest BCUT2D eigenvalue weighted by Gasteiger charge is -2.41. The largest absolute Gasteiger partial charge is 0.444 e.